The average molecular weight is 421 g/mol. The Labute approximate surface area is 169 Å². The predicted molar refractivity (Wildman–Crippen MR) is 104 cm³/mol. The number of pyridine rings is 1. The zero-order chi connectivity index (χ0) is 21.3. The van der Waals surface area contributed by atoms with Gasteiger partial charge >= 0.3 is 6.18 Å². The Morgan fingerprint density at radius 2 is 1.90 bits per heavy atom. The molecule has 0 amide bonds. The van der Waals surface area contributed by atoms with Gasteiger partial charge in [0, 0.05) is 42.2 Å². The lowest BCUT2D eigenvalue weighted by atomic mass is 10.1. The second-order valence-corrected chi connectivity index (χ2v) is 6.95. The summed E-state index contributed by atoms with van der Waals surface area (Å²) in [7, 11) is 0. The molecule has 0 bridgehead atoms. The third-order valence-corrected chi connectivity index (χ3v) is 5.00. The second-order valence-electron chi connectivity index (χ2n) is 6.95. The molecule has 0 atom stereocenters. The van der Waals surface area contributed by atoms with Crippen LogP contribution in [0.5, 0.6) is 0 Å². The van der Waals surface area contributed by atoms with Crippen molar-refractivity contribution in [2.75, 3.05) is 36.5 Å². The van der Waals surface area contributed by atoms with Gasteiger partial charge in [-0.15, -0.1) is 5.10 Å². The number of aryl methyl sites for hydroxylation is 1. The van der Waals surface area contributed by atoms with Crippen LogP contribution in [0.25, 0.3) is 10.8 Å². The molecular formula is C20H19F4N5O. The van der Waals surface area contributed by atoms with Gasteiger partial charge in [-0.1, -0.05) is 12.1 Å². The van der Waals surface area contributed by atoms with Crippen molar-refractivity contribution in [1.82, 2.24) is 15.2 Å². The predicted octanol–water partition coefficient (Wildman–Crippen LogP) is 3.94. The van der Waals surface area contributed by atoms with Crippen molar-refractivity contribution in [3.63, 3.8) is 0 Å². The number of hydrogen-bond acceptors (Lipinski definition) is 6. The summed E-state index contributed by atoms with van der Waals surface area (Å²) in [6.07, 6.45) is -3.06. The first-order chi connectivity index (χ1) is 14.3. The Morgan fingerprint density at radius 3 is 2.63 bits per heavy atom. The molecule has 0 spiro atoms. The molecule has 1 aliphatic rings. The first-order valence-corrected chi connectivity index (χ1v) is 9.39. The minimum atomic E-state index is -4.75. The molecule has 4 rings (SSSR count). The fourth-order valence-corrected chi connectivity index (χ4v) is 3.37. The fourth-order valence-electron chi connectivity index (χ4n) is 3.37. The molecule has 30 heavy (non-hydrogen) atoms. The molecule has 6 nitrogen and oxygen atoms in total. The van der Waals surface area contributed by atoms with Crippen molar-refractivity contribution in [3.05, 3.63) is 53.1 Å². The van der Waals surface area contributed by atoms with E-state index in [1.807, 2.05) is 6.07 Å². The number of nitrogens with zero attached hydrogens (tertiary/aromatic N) is 4. The summed E-state index contributed by atoms with van der Waals surface area (Å²) < 4.78 is 58.6. The van der Waals surface area contributed by atoms with E-state index in [0.717, 1.165) is 17.3 Å². The van der Waals surface area contributed by atoms with Crippen molar-refractivity contribution < 1.29 is 22.3 Å². The van der Waals surface area contributed by atoms with Gasteiger partial charge in [0.05, 0.1) is 24.5 Å². The summed E-state index contributed by atoms with van der Waals surface area (Å²) in [6.45, 7) is 4.24. The molecule has 1 fully saturated rings. The minimum Gasteiger partial charge on any atom is -0.378 e. The van der Waals surface area contributed by atoms with E-state index in [0.29, 0.717) is 43.2 Å². The molecule has 1 aromatic carbocycles. The van der Waals surface area contributed by atoms with E-state index in [2.05, 4.69) is 25.4 Å². The quantitative estimate of drug-likeness (QED) is 0.644. The van der Waals surface area contributed by atoms with Gasteiger partial charge in [0.15, 0.2) is 5.82 Å². The maximum absolute atomic E-state index is 14.3. The fraction of sp³-hybridized carbons (Fsp3) is 0.350. The van der Waals surface area contributed by atoms with Gasteiger partial charge in [0.25, 0.3) is 0 Å². The number of aromatic nitrogens is 3. The maximum Gasteiger partial charge on any atom is 0.419 e. The van der Waals surface area contributed by atoms with Gasteiger partial charge in [-0.05, 0) is 19.1 Å². The molecule has 0 radical (unpaired) electrons. The van der Waals surface area contributed by atoms with Crippen molar-refractivity contribution >= 4 is 22.4 Å². The van der Waals surface area contributed by atoms with Gasteiger partial charge in [-0.25, -0.2) is 9.37 Å². The first-order valence-electron chi connectivity index (χ1n) is 9.39. The van der Waals surface area contributed by atoms with Gasteiger partial charge in [0.2, 0.25) is 0 Å². The smallest absolute Gasteiger partial charge is 0.378 e. The van der Waals surface area contributed by atoms with Crippen LogP contribution >= 0.6 is 0 Å². The number of alkyl halides is 3. The van der Waals surface area contributed by atoms with Crippen LogP contribution in [0.2, 0.25) is 0 Å². The Kier molecular flexibility index (Phi) is 5.42. The van der Waals surface area contributed by atoms with E-state index in [-0.39, 0.29) is 12.1 Å². The molecule has 0 unspecified atom stereocenters. The Morgan fingerprint density at radius 1 is 1.13 bits per heavy atom. The number of ether oxygens (including phenoxy) is 1. The Hall–Kier alpha value is -3.01. The number of benzene rings is 1. The van der Waals surface area contributed by atoms with E-state index in [4.69, 9.17) is 4.74 Å². The van der Waals surface area contributed by atoms with Crippen LogP contribution in [-0.4, -0.2) is 41.5 Å². The highest BCUT2D eigenvalue weighted by atomic mass is 19.4. The average Bonchev–Trinajstić information content (AvgIpc) is 2.74. The van der Waals surface area contributed by atoms with E-state index < -0.39 is 17.6 Å². The summed E-state index contributed by atoms with van der Waals surface area (Å²) >= 11 is 0. The van der Waals surface area contributed by atoms with E-state index in [1.54, 1.807) is 13.1 Å². The second kappa shape index (κ2) is 8.02. The van der Waals surface area contributed by atoms with Crippen LogP contribution in [0.4, 0.5) is 29.2 Å². The zero-order valence-electron chi connectivity index (χ0n) is 16.1. The first kappa shape index (κ1) is 20.3. The molecule has 1 N–H and O–H groups in total. The highest BCUT2D eigenvalue weighted by molar-refractivity contribution is 5.94. The number of fused-ring (bicyclic) bond motifs is 1. The monoisotopic (exact) mass is 421 g/mol. The molecule has 1 aliphatic heterocycles. The molecule has 1 saturated heterocycles. The molecule has 3 heterocycles. The Bertz CT molecular complexity index is 1070. The van der Waals surface area contributed by atoms with Crippen LogP contribution in [0, 0.1) is 12.7 Å². The number of halogens is 4. The number of nitrogens with one attached hydrogen (secondary N) is 1. The lowest BCUT2D eigenvalue weighted by molar-refractivity contribution is -0.140. The van der Waals surface area contributed by atoms with Crippen molar-refractivity contribution in [3.8, 4) is 0 Å². The van der Waals surface area contributed by atoms with Gasteiger partial charge in [0.1, 0.15) is 11.6 Å². The third kappa shape index (κ3) is 4.00. The Balaban J connectivity index is 1.65. The molecular weight excluding hydrogens is 402 g/mol. The lowest BCUT2D eigenvalue weighted by Gasteiger charge is -2.28. The number of rotatable bonds is 4. The molecule has 3 aromatic rings. The SMILES string of the molecule is Cc1nnc(NCc2cccc(C(F)(F)F)c2F)c2cc(N3CCOCC3)ncc12. The molecule has 158 valence electrons. The number of morpholine rings is 1. The van der Waals surface area contributed by atoms with Crippen LogP contribution in [0.15, 0.2) is 30.5 Å². The molecule has 0 aliphatic carbocycles. The van der Waals surface area contributed by atoms with E-state index in [1.165, 1.54) is 12.1 Å². The maximum atomic E-state index is 14.3. The minimum absolute atomic E-state index is 0.109. The van der Waals surface area contributed by atoms with Crippen LogP contribution in [0.1, 0.15) is 16.8 Å². The van der Waals surface area contributed by atoms with Crippen molar-refractivity contribution in [2.45, 2.75) is 19.6 Å². The van der Waals surface area contributed by atoms with E-state index >= 15 is 0 Å². The summed E-state index contributed by atoms with van der Waals surface area (Å²) in [5, 5.41) is 12.6. The standard InChI is InChI=1S/C20H19F4N5O/c1-12-15-11-25-17(29-5-7-30-8-6-29)9-14(15)19(28-27-12)26-10-13-3-2-4-16(18(13)21)20(22,23)24/h2-4,9,11H,5-8,10H2,1H3,(H,26,28). The summed E-state index contributed by atoms with van der Waals surface area (Å²) in [6, 6.07) is 5.07. The van der Waals surface area contributed by atoms with E-state index in [9.17, 15) is 17.6 Å². The highest BCUT2D eigenvalue weighted by Gasteiger charge is 2.34. The summed E-state index contributed by atoms with van der Waals surface area (Å²) in [5.41, 5.74) is -0.731. The lowest BCUT2D eigenvalue weighted by Crippen LogP contribution is -2.36. The third-order valence-electron chi connectivity index (χ3n) is 5.00. The van der Waals surface area contributed by atoms with Crippen molar-refractivity contribution in [2.24, 2.45) is 0 Å². The molecule has 10 heteroatoms. The largest absolute Gasteiger partial charge is 0.419 e. The normalized spacial score (nSPS) is 14.9. The van der Waals surface area contributed by atoms with Gasteiger partial charge in [-0.2, -0.15) is 18.3 Å². The van der Waals surface area contributed by atoms with Crippen molar-refractivity contribution in [1.29, 1.82) is 0 Å². The summed E-state index contributed by atoms with van der Waals surface area (Å²) in [5.74, 6) is -0.201. The van der Waals surface area contributed by atoms with Gasteiger partial charge in [-0.3, -0.25) is 0 Å². The highest BCUT2D eigenvalue weighted by Crippen LogP contribution is 2.33. The molecule has 0 saturated carbocycles. The van der Waals surface area contributed by atoms with Gasteiger partial charge < -0.3 is 15.0 Å². The molecule has 2 aromatic heterocycles. The number of hydrogen-bond donors (Lipinski definition) is 1. The topological polar surface area (TPSA) is 63.2 Å². The van der Waals surface area contributed by atoms with Crippen LogP contribution in [0.3, 0.4) is 0 Å². The zero-order valence-corrected chi connectivity index (χ0v) is 16.1. The van der Waals surface area contributed by atoms with Crippen LogP contribution < -0.4 is 10.2 Å². The number of anilines is 2. The van der Waals surface area contributed by atoms with Crippen LogP contribution in [-0.2, 0) is 17.5 Å². The summed E-state index contributed by atoms with van der Waals surface area (Å²) in [4.78, 5) is 6.57.